The number of ether oxygens (including phenoxy) is 2. The Labute approximate surface area is 174 Å². The molecule has 0 atom stereocenters. The number of methoxy groups -OCH3 is 2. The Bertz CT molecular complexity index is 1170. The number of anilines is 1. The second-order valence-corrected chi connectivity index (χ2v) is 6.81. The van der Waals surface area contributed by atoms with Crippen LogP contribution in [0.2, 0.25) is 0 Å². The third kappa shape index (κ3) is 3.26. The zero-order valence-electron chi connectivity index (χ0n) is 17.0. The zero-order valence-corrected chi connectivity index (χ0v) is 17.0. The molecule has 1 N–H and O–H groups in total. The molecule has 0 aliphatic carbocycles. The lowest BCUT2D eigenvalue weighted by Gasteiger charge is -2.13. The van der Waals surface area contributed by atoms with Gasteiger partial charge in [0, 0.05) is 17.9 Å². The van der Waals surface area contributed by atoms with Gasteiger partial charge in [-0.15, -0.1) is 0 Å². The van der Waals surface area contributed by atoms with Crippen molar-refractivity contribution in [3.63, 3.8) is 0 Å². The van der Waals surface area contributed by atoms with Gasteiger partial charge in [-0.3, -0.25) is 4.79 Å². The first-order chi connectivity index (χ1) is 14.4. The molecule has 0 spiro atoms. The first kappa shape index (κ1) is 19.5. The largest absolute Gasteiger partial charge is 0.632 e. The van der Waals surface area contributed by atoms with Crippen molar-refractivity contribution in [2.24, 2.45) is 7.05 Å². The maximum Gasteiger partial charge on any atom is 0.632 e. The Hall–Kier alpha value is -3.81. The number of rotatable bonds is 5. The maximum absolute atomic E-state index is 13.0. The van der Waals surface area contributed by atoms with Crippen LogP contribution in [0.15, 0.2) is 67.1 Å². The number of amides is 1. The molecule has 1 aromatic heterocycles. The van der Waals surface area contributed by atoms with E-state index < -0.39 is 7.12 Å². The Morgan fingerprint density at radius 1 is 1.03 bits per heavy atom. The van der Waals surface area contributed by atoms with E-state index in [1.807, 2.05) is 35.9 Å². The highest BCUT2D eigenvalue weighted by atomic mass is 16.6. The topological polar surface area (TPSA) is 71.0 Å². The van der Waals surface area contributed by atoms with Crippen LogP contribution in [-0.2, 0) is 16.4 Å². The average Bonchev–Trinajstić information content (AvgIpc) is 3.27. The Balaban J connectivity index is 1.62. The van der Waals surface area contributed by atoms with Crippen molar-refractivity contribution in [1.82, 2.24) is 4.57 Å². The summed E-state index contributed by atoms with van der Waals surface area (Å²) in [6, 6.07) is 12.8. The summed E-state index contributed by atoms with van der Waals surface area (Å²) in [5.41, 5.74) is 2.65. The van der Waals surface area contributed by atoms with E-state index in [0.29, 0.717) is 34.4 Å². The van der Waals surface area contributed by atoms with Gasteiger partial charge in [0.2, 0.25) is 0 Å². The molecular weight excluding hydrogens is 383 g/mol. The third-order valence-corrected chi connectivity index (χ3v) is 5.05. The van der Waals surface area contributed by atoms with Crippen molar-refractivity contribution < 1.29 is 23.6 Å². The average molecular weight is 404 g/mol. The number of aromatic nitrogens is 1. The molecule has 1 saturated heterocycles. The number of carbonyl (C=O) groups is 1. The van der Waals surface area contributed by atoms with E-state index in [-0.39, 0.29) is 5.91 Å². The van der Waals surface area contributed by atoms with Gasteiger partial charge < -0.3 is 28.7 Å². The van der Waals surface area contributed by atoms with Crippen LogP contribution in [0, 0.1) is 0 Å². The van der Waals surface area contributed by atoms with E-state index in [1.54, 1.807) is 25.3 Å². The predicted octanol–water partition coefficient (Wildman–Crippen LogP) is 3.22. The summed E-state index contributed by atoms with van der Waals surface area (Å²) in [7, 11) is 4.33. The van der Waals surface area contributed by atoms with Crippen molar-refractivity contribution in [1.29, 1.82) is 0 Å². The highest BCUT2D eigenvalue weighted by Gasteiger charge is 2.35. The molecule has 1 amide bonds. The number of nitrogens with zero attached hydrogens (tertiary/aromatic N) is 1. The summed E-state index contributed by atoms with van der Waals surface area (Å²) in [5, 5.41) is 3.78. The molecule has 4 rings (SSSR count). The second kappa shape index (κ2) is 7.55. The summed E-state index contributed by atoms with van der Waals surface area (Å²) in [6.45, 7) is 7.47. The van der Waals surface area contributed by atoms with Crippen molar-refractivity contribution >= 4 is 35.1 Å². The normalized spacial score (nSPS) is 13.2. The molecule has 3 aromatic rings. The van der Waals surface area contributed by atoms with Gasteiger partial charge in [-0.25, -0.2) is 0 Å². The van der Waals surface area contributed by atoms with E-state index in [9.17, 15) is 4.79 Å². The number of aryl methyl sites for hydroxylation is 1. The van der Waals surface area contributed by atoms with Gasteiger partial charge in [0.25, 0.3) is 5.91 Å². The zero-order chi connectivity index (χ0) is 21.4. The summed E-state index contributed by atoms with van der Waals surface area (Å²) in [6.07, 6.45) is 0. The quantitative estimate of drug-likeness (QED) is 0.662. The smallest absolute Gasteiger partial charge is 0.520 e. The molecule has 7 nitrogen and oxygen atoms in total. The van der Waals surface area contributed by atoms with Crippen LogP contribution in [0.25, 0.3) is 10.9 Å². The molecule has 0 saturated carbocycles. The fraction of sp³-hybridized carbons (Fsp3) is 0.136. The molecule has 0 radical (unpaired) electrons. The number of nitrogens with one attached hydrogen (secondary N) is 1. The maximum atomic E-state index is 13.0. The minimum atomic E-state index is -0.644. The van der Waals surface area contributed by atoms with Gasteiger partial charge in [0.1, 0.15) is 28.7 Å². The van der Waals surface area contributed by atoms with Crippen LogP contribution in [0.1, 0.15) is 10.5 Å². The van der Waals surface area contributed by atoms with Gasteiger partial charge >= 0.3 is 7.12 Å². The molecule has 30 heavy (non-hydrogen) atoms. The Kier molecular flexibility index (Phi) is 4.91. The van der Waals surface area contributed by atoms with E-state index in [1.165, 1.54) is 7.11 Å². The molecule has 152 valence electrons. The van der Waals surface area contributed by atoms with E-state index in [0.717, 1.165) is 16.4 Å². The molecule has 1 fully saturated rings. The fourth-order valence-electron chi connectivity index (χ4n) is 3.42. The molecule has 8 heteroatoms. The van der Waals surface area contributed by atoms with E-state index in [2.05, 4.69) is 18.5 Å². The number of fused-ring (bicyclic) bond motifs is 1. The third-order valence-electron chi connectivity index (χ3n) is 5.05. The summed E-state index contributed by atoms with van der Waals surface area (Å²) >= 11 is 0. The minimum Gasteiger partial charge on any atom is -0.520 e. The van der Waals surface area contributed by atoms with E-state index >= 15 is 0 Å². The second-order valence-electron chi connectivity index (χ2n) is 6.81. The number of hydrogen-bond acceptors (Lipinski definition) is 5. The SMILES string of the molecule is C=C1OB(c2ccc(NC(=O)c3cc4c(OC)cccc4n3C)c(OC)c2)OC1=C. The van der Waals surface area contributed by atoms with Gasteiger partial charge in [0.05, 0.1) is 25.4 Å². The predicted molar refractivity (Wildman–Crippen MR) is 116 cm³/mol. The lowest BCUT2D eigenvalue weighted by Crippen LogP contribution is -2.31. The van der Waals surface area contributed by atoms with Crippen LogP contribution in [-0.4, -0.2) is 31.8 Å². The molecule has 1 aliphatic heterocycles. The van der Waals surface area contributed by atoms with Gasteiger partial charge in [-0.1, -0.05) is 25.3 Å². The van der Waals surface area contributed by atoms with Crippen molar-refractivity contribution in [2.75, 3.05) is 19.5 Å². The first-order valence-corrected chi connectivity index (χ1v) is 9.26. The van der Waals surface area contributed by atoms with Gasteiger partial charge in [-0.05, 0) is 30.3 Å². The highest BCUT2D eigenvalue weighted by Crippen LogP contribution is 2.30. The van der Waals surface area contributed by atoms with Crippen LogP contribution in [0.3, 0.4) is 0 Å². The Morgan fingerprint density at radius 2 is 1.73 bits per heavy atom. The molecule has 1 aliphatic rings. The number of hydrogen-bond donors (Lipinski definition) is 1. The highest BCUT2D eigenvalue weighted by molar-refractivity contribution is 6.62. The first-order valence-electron chi connectivity index (χ1n) is 9.26. The molecule has 2 aromatic carbocycles. The standard InChI is InChI=1S/C22H21BN2O5/c1-13-14(2)30-23(29-13)15-9-10-17(21(11-15)28-5)24-22(26)19-12-16-18(25(19)3)7-6-8-20(16)27-4/h6-12H,1-2H2,3-5H3,(H,24,26). The van der Waals surface area contributed by atoms with Crippen molar-refractivity contribution in [3.05, 3.63) is 72.8 Å². The fourth-order valence-corrected chi connectivity index (χ4v) is 3.42. The number of benzene rings is 2. The number of carbonyl (C=O) groups excluding carboxylic acids is 1. The molecular formula is C22H21BN2O5. The van der Waals surface area contributed by atoms with Crippen LogP contribution in [0.5, 0.6) is 11.5 Å². The van der Waals surface area contributed by atoms with Crippen LogP contribution < -0.4 is 20.3 Å². The van der Waals surface area contributed by atoms with Gasteiger partial charge in [-0.2, -0.15) is 0 Å². The molecule has 0 bridgehead atoms. The summed E-state index contributed by atoms with van der Waals surface area (Å²) in [4.78, 5) is 13.0. The van der Waals surface area contributed by atoms with Crippen LogP contribution in [0.4, 0.5) is 5.69 Å². The summed E-state index contributed by atoms with van der Waals surface area (Å²) in [5.74, 6) is 1.71. The summed E-state index contributed by atoms with van der Waals surface area (Å²) < 4.78 is 23.8. The van der Waals surface area contributed by atoms with E-state index in [4.69, 9.17) is 18.8 Å². The lowest BCUT2D eigenvalue weighted by molar-refractivity contribution is 0.101. The van der Waals surface area contributed by atoms with Crippen molar-refractivity contribution in [3.8, 4) is 11.5 Å². The lowest BCUT2D eigenvalue weighted by atomic mass is 9.79. The Morgan fingerprint density at radius 3 is 2.40 bits per heavy atom. The minimum absolute atomic E-state index is 0.267. The molecule has 0 unspecified atom stereocenters. The monoisotopic (exact) mass is 404 g/mol. The van der Waals surface area contributed by atoms with Crippen molar-refractivity contribution in [2.45, 2.75) is 0 Å². The van der Waals surface area contributed by atoms with Gasteiger partial charge in [0.15, 0.2) is 0 Å². The van der Waals surface area contributed by atoms with Crippen LogP contribution >= 0.6 is 0 Å². The molecule has 2 heterocycles.